The first-order chi connectivity index (χ1) is 20.9. The number of aryl methyl sites for hydroxylation is 1. The monoisotopic (exact) mass is 626 g/mol. The highest BCUT2D eigenvalue weighted by Gasteiger charge is 2.78. The summed E-state index contributed by atoms with van der Waals surface area (Å²) < 4.78 is 16.1. The van der Waals surface area contributed by atoms with Crippen LogP contribution in [-0.4, -0.2) is 98.8 Å². The number of nitrogens with two attached hydrogens (primary N) is 1. The zero-order valence-corrected chi connectivity index (χ0v) is 23.4. The van der Waals surface area contributed by atoms with Crippen LogP contribution in [-0.2, 0) is 12.6 Å². The van der Waals surface area contributed by atoms with Gasteiger partial charge < -0.3 is 46.6 Å². The van der Waals surface area contributed by atoms with E-state index in [-0.39, 0.29) is 16.0 Å². The Hall–Kier alpha value is -4.70. The molecule has 6 rings (SSSR count). The van der Waals surface area contributed by atoms with Gasteiger partial charge >= 0.3 is 23.6 Å². The van der Waals surface area contributed by atoms with Gasteiger partial charge in [-0.3, -0.25) is 4.68 Å². The summed E-state index contributed by atoms with van der Waals surface area (Å²) in [5.74, 6) is -19.1. The van der Waals surface area contributed by atoms with E-state index in [0.717, 1.165) is 23.2 Å². The number of nitrogens with zero attached hydrogens (tertiary/aromatic N) is 9. The molecule has 236 valence electrons. The number of piperazine rings is 1. The third-order valence-electron chi connectivity index (χ3n) is 7.66. The maximum atomic E-state index is 13.4. The van der Waals surface area contributed by atoms with Crippen LogP contribution in [0.25, 0.3) is 16.6 Å². The van der Waals surface area contributed by atoms with Crippen molar-refractivity contribution in [1.29, 1.82) is 0 Å². The minimum absolute atomic E-state index is 0.166. The molecular formula is C26H27FN10O8. The third-order valence-corrected chi connectivity index (χ3v) is 7.66. The number of anilines is 2. The molecule has 0 radical (unpaired) electrons. The van der Waals surface area contributed by atoms with E-state index in [4.69, 9.17) is 5.73 Å². The van der Waals surface area contributed by atoms with E-state index >= 15 is 0 Å². The fourth-order valence-electron chi connectivity index (χ4n) is 5.09. The van der Waals surface area contributed by atoms with Gasteiger partial charge in [0.05, 0.1) is 11.7 Å². The number of fused-ring (bicyclic) bond motifs is 1. The first-order valence-corrected chi connectivity index (χ1v) is 13.0. The summed E-state index contributed by atoms with van der Waals surface area (Å²) in [6.07, 6.45) is 7.49. The molecule has 0 saturated carbocycles. The predicted octanol–water partition coefficient (Wildman–Crippen LogP) is -2.84. The lowest BCUT2D eigenvalue weighted by molar-refractivity contribution is -0.470. The molecule has 1 aromatic carbocycles. The van der Waals surface area contributed by atoms with Crippen LogP contribution in [0.1, 0.15) is 18.1 Å². The Kier molecular flexibility index (Phi) is 6.50. The van der Waals surface area contributed by atoms with Crippen molar-refractivity contribution >= 4 is 17.3 Å². The van der Waals surface area contributed by atoms with Gasteiger partial charge in [-0.1, -0.05) is 12.1 Å². The van der Waals surface area contributed by atoms with Crippen molar-refractivity contribution in [2.24, 2.45) is 12.8 Å². The second kappa shape index (κ2) is 9.65. The Balaban J connectivity index is 1.43. The highest BCUT2D eigenvalue weighted by atomic mass is 19.1. The van der Waals surface area contributed by atoms with Crippen LogP contribution >= 0.6 is 0 Å². The lowest BCUT2D eigenvalue weighted by atomic mass is 9.87. The minimum Gasteiger partial charge on any atom is -0.343 e. The van der Waals surface area contributed by atoms with Crippen LogP contribution in [0.15, 0.2) is 67.6 Å². The van der Waals surface area contributed by atoms with Gasteiger partial charge in [-0.25, -0.2) is 33.7 Å². The molecular weight excluding hydrogens is 599 g/mol. The molecule has 5 aromatic rings. The van der Waals surface area contributed by atoms with Crippen LogP contribution in [0.3, 0.4) is 0 Å². The van der Waals surface area contributed by atoms with Gasteiger partial charge in [-0.15, -0.1) is 0 Å². The molecule has 0 spiro atoms. The van der Waals surface area contributed by atoms with Gasteiger partial charge in [0.1, 0.15) is 17.7 Å². The Labute approximate surface area is 251 Å². The summed E-state index contributed by atoms with van der Waals surface area (Å²) in [5, 5.41) is 97.1. The second-order valence-electron chi connectivity index (χ2n) is 10.7. The highest BCUT2D eigenvalue weighted by Crippen LogP contribution is 2.48. The number of aliphatic hydroxyl groups is 8. The van der Waals surface area contributed by atoms with E-state index in [1.54, 1.807) is 13.2 Å². The molecule has 18 nitrogen and oxygen atoms in total. The number of aromatic nitrogens is 7. The summed E-state index contributed by atoms with van der Waals surface area (Å²) >= 11 is 0. The topological polar surface area (TPSA) is 268 Å². The Morgan fingerprint density at radius 1 is 0.733 bits per heavy atom. The molecule has 0 aliphatic carbocycles. The van der Waals surface area contributed by atoms with Crippen LogP contribution in [0, 0.1) is 5.82 Å². The van der Waals surface area contributed by atoms with Gasteiger partial charge in [0.15, 0.2) is 5.82 Å². The molecule has 1 aliphatic heterocycles. The summed E-state index contributed by atoms with van der Waals surface area (Å²) in [5.41, 5.74) is 6.51. The first kappa shape index (κ1) is 30.3. The van der Waals surface area contributed by atoms with Crippen molar-refractivity contribution in [1.82, 2.24) is 34.3 Å². The van der Waals surface area contributed by atoms with Crippen molar-refractivity contribution in [3.05, 3.63) is 84.6 Å². The summed E-state index contributed by atoms with van der Waals surface area (Å²) in [6.45, 7) is 1.53. The smallest absolute Gasteiger partial charge is 0.332 e. The van der Waals surface area contributed by atoms with Crippen molar-refractivity contribution in [2.75, 3.05) is 9.80 Å². The zero-order chi connectivity index (χ0) is 32.7. The van der Waals surface area contributed by atoms with Crippen molar-refractivity contribution < 1.29 is 45.2 Å². The lowest BCUT2D eigenvalue weighted by Gasteiger charge is -2.60. The molecule has 19 heteroatoms. The van der Waals surface area contributed by atoms with Gasteiger partial charge in [-0.2, -0.15) is 10.2 Å². The second-order valence-corrected chi connectivity index (χ2v) is 10.7. The van der Waals surface area contributed by atoms with Gasteiger partial charge in [-0.05, 0) is 30.7 Å². The molecule has 1 aliphatic rings. The van der Waals surface area contributed by atoms with E-state index in [1.165, 1.54) is 54.3 Å². The summed E-state index contributed by atoms with van der Waals surface area (Å²) in [4.78, 5) is 10.7. The molecule has 10 N–H and O–H groups in total. The standard InChI is InChI=1S/C26H27FN10O8/c1-22(28,16-3-5-18(27)6-4-16)17-9-29-21(30-10-17)37-25(42,43)23(38,39)36(24(40,41)26(37,44)45)20-19-7-14(12-35(19)33-13-31-20)15-8-32-34(2)11-15/h3-13,38-45H,28H2,1-2H3. The fourth-order valence-corrected chi connectivity index (χ4v) is 5.09. The van der Waals surface area contributed by atoms with E-state index in [0.29, 0.717) is 16.7 Å². The molecule has 1 atom stereocenters. The van der Waals surface area contributed by atoms with Gasteiger partial charge in [0, 0.05) is 48.5 Å². The predicted molar refractivity (Wildman–Crippen MR) is 148 cm³/mol. The van der Waals surface area contributed by atoms with Crippen LogP contribution in [0.2, 0.25) is 0 Å². The molecule has 1 fully saturated rings. The maximum Gasteiger partial charge on any atom is 0.332 e. The molecule has 0 amide bonds. The summed E-state index contributed by atoms with van der Waals surface area (Å²) in [6, 6.07) is 6.54. The lowest BCUT2D eigenvalue weighted by Crippen LogP contribution is -2.91. The first-order valence-electron chi connectivity index (χ1n) is 13.0. The number of hydrogen-bond donors (Lipinski definition) is 9. The normalized spacial score (nSPS) is 19.9. The van der Waals surface area contributed by atoms with Crippen LogP contribution < -0.4 is 15.5 Å². The van der Waals surface area contributed by atoms with E-state index in [1.807, 2.05) is 0 Å². The van der Waals surface area contributed by atoms with Crippen LogP contribution in [0.4, 0.5) is 16.2 Å². The Bertz CT molecular complexity index is 1860. The average Bonchev–Trinajstić information content (AvgIpc) is 3.59. The van der Waals surface area contributed by atoms with Crippen molar-refractivity contribution in [2.45, 2.75) is 36.1 Å². The molecule has 45 heavy (non-hydrogen) atoms. The highest BCUT2D eigenvalue weighted by molar-refractivity contribution is 5.78. The summed E-state index contributed by atoms with van der Waals surface area (Å²) in [7, 11) is 1.67. The van der Waals surface area contributed by atoms with Crippen LogP contribution in [0.5, 0.6) is 0 Å². The fraction of sp³-hybridized carbons (Fsp3) is 0.269. The molecule has 0 bridgehead atoms. The number of rotatable bonds is 5. The number of halogens is 1. The SMILES string of the molecule is Cn1cc(-c2cc3c(N4C(O)(O)C(O)(O)N(c5ncc(C(C)(N)c6ccc(F)cc6)cn5)C(O)(O)C4(O)O)ncnn3c2)cn1. The van der Waals surface area contributed by atoms with E-state index in [2.05, 4.69) is 25.1 Å². The van der Waals surface area contributed by atoms with Gasteiger partial charge in [0.25, 0.3) is 0 Å². The molecule has 5 heterocycles. The third kappa shape index (κ3) is 4.34. The Morgan fingerprint density at radius 3 is 1.87 bits per heavy atom. The van der Waals surface area contributed by atoms with E-state index in [9.17, 15) is 45.2 Å². The number of hydrogen-bond acceptors (Lipinski definition) is 16. The average molecular weight is 627 g/mol. The maximum absolute atomic E-state index is 13.4. The molecule has 1 unspecified atom stereocenters. The van der Waals surface area contributed by atoms with Crippen molar-refractivity contribution in [3.63, 3.8) is 0 Å². The number of benzene rings is 1. The minimum atomic E-state index is -4.20. The Morgan fingerprint density at radius 2 is 1.31 bits per heavy atom. The molecule has 1 saturated heterocycles. The van der Waals surface area contributed by atoms with Gasteiger partial charge in [0.2, 0.25) is 5.95 Å². The van der Waals surface area contributed by atoms with Crippen molar-refractivity contribution in [3.8, 4) is 11.1 Å². The molecule has 4 aromatic heterocycles. The van der Waals surface area contributed by atoms with E-state index < -0.39 is 51.7 Å². The quantitative estimate of drug-likeness (QED) is 0.0889. The largest absolute Gasteiger partial charge is 0.343 e. The zero-order valence-electron chi connectivity index (χ0n) is 23.4.